The van der Waals surface area contributed by atoms with Crippen LogP contribution in [-0.4, -0.2) is 47.6 Å². The molecule has 2 aliphatic heterocycles. The zero-order chi connectivity index (χ0) is 16.4. The number of aromatic nitrogens is 2. The molecule has 2 aliphatic rings. The van der Waals surface area contributed by atoms with Gasteiger partial charge >= 0.3 is 0 Å². The normalized spacial score (nSPS) is 22.9. The first-order valence-corrected chi connectivity index (χ1v) is 8.22. The van der Waals surface area contributed by atoms with E-state index in [1.165, 1.54) is 5.56 Å². The van der Waals surface area contributed by atoms with Crippen molar-refractivity contribution in [3.8, 4) is 6.07 Å². The fourth-order valence-corrected chi connectivity index (χ4v) is 3.60. The summed E-state index contributed by atoms with van der Waals surface area (Å²) in [5, 5.41) is 12.2. The van der Waals surface area contributed by atoms with Gasteiger partial charge < -0.3 is 15.1 Å². The van der Waals surface area contributed by atoms with Crippen LogP contribution in [0.3, 0.4) is 0 Å². The molecule has 122 valence electrons. The van der Waals surface area contributed by atoms with E-state index in [-0.39, 0.29) is 0 Å². The van der Waals surface area contributed by atoms with Gasteiger partial charge in [0.2, 0.25) is 0 Å². The molecule has 6 nitrogen and oxygen atoms in total. The molecule has 0 spiro atoms. The first-order valence-electron chi connectivity index (χ1n) is 8.22. The Bertz CT molecular complexity index is 634. The van der Waals surface area contributed by atoms with E-state index < -0.39 is 0 Å². The minimum absolute atomic E-state index is 0.360. The Hall–Kier alpha value is -2.29. The molecule has 6 heteroatoms. The highest BCUT2D eigenvalue weighted by atomic mass is 15.3. The maximum absolute atomic E-state index is 8.91. The van der Waals surface area contributed by atoms with Crippen molar-refractivity contribution in [2.75, 3.05) is 36.9 Å². The standard InChI is InChI=1S/C17H24N6/c1-12-6-9-23(13(2)4-7-18)10-15(12)22(3)17-14-5-8-19-16(14)20-11-21-17/h11-12,15H,2,4-6,8-10H2,1,3H3,(H,19,20,21)/t12-,15+/m1/s1. The van der Waals surface area contributed by atoms with Crippen LogP contribution in [0.4, 0.5) is 11.6 Å². The summed E-state index contributed by atoms with van der Waals surface area (Å²) in [6, 6.07) is 2.56. The summed E-state index contributed by atoms with van der Waals surface area (Å²) in [6.07, 6.45) is 4.12. The molecule has 3 heterocycles. The number of nitrogens with one attached hydrogen (secondary N) is 1. The second-order valence-electron chi connectivity index (χ2n) is 6.49. The lowest BCUT2D eigenvalue weighted by atomic mass is 9.91. The van der Waals surface area contributed by atoms with Gasteiger partial charge in [-0.05, 0) is 18.8 Å². The van der Waals surface area contributed by atoms with Crippen molar-refractivity contribution in [3.05, 3.63) is 24.2 Å². The Labute approximate surface area is 137 Å². The molecule has 0 aliphatic carbocycles. The van der Waals surface area contributed by atoms with Crippen LogP contribution in [-0.2, 0) is 6.42 Å². The van der Waals surface area contributed by atoms with Crippen LogP contribution in [0, 0.1) is 17.2 Å². The van der Waals surface area contributed by atoms with E-state index in [2.05, 4.69) is 51.7 Å². The van der Waals surface area contributed by atoms with Crippen LogP contribution in [0.2, 0.25) is 0 Å². The molecule has 3 rings (SSSR count). The number of hydrogen-bond donors (Lipinski definition) is 1. The van der Waals surface area contributed by atoms with Gasteiger partial charge in [-0.25, -0.2) is 9.97 Å². The highest BCUT2D eigenvalue weighted by Gasteiger charge is 2.32. The average molecular weight is 312 g/mol. The van der Waals surface area contributed by atoms with Gasteiger partial charge in [-0.1, -0.05) is 13.5 Å². The molecule has 0 bridgehead atoms. The molecule has 0 unspecified atom stereocenters. The van der Waals surface area contributed by atoms with Gasteiger partial charge in [0.1, 0.15) is 18.0 Å². The lowest BCUT2D eigenvalue weighted by molar-refractivity contribution is 0.202. The number of likely N-dealkylation sites (tertiary alicyclic amines) is 1. The molecule has 0 aromatic carbocycles. The van der Waals surface area contributed by atoms with Crippen LogP contribution in [0.15, 0.2) is 18.6 Å². The quantitative estimate of drug-likeness (QED) is 0.917. The van der Waals surface area contributed by atoms with Crippen molar-refractivity contribution < 1.29 is 0 Å². The number of likely N-dealkylation sites (N-methyl/N-ethyl adjacent to an activating group) is 1. The SMILES string of the molecule is C=C(CC#N)N1CC[C@@H](C)[C@@H](N(C)c2ncnc3c2CCN3)C1. The van der Waals surface area contributed by atoms with Gasteiger partial charge in [-0.3, -0.25) is 0 Å². The molecule has 0 radical (unpaired) electrons. The number of allylic oxidation sites excluding steroid dienone is 1. The number of nitriles is 1. The van der Waals surface area contributed by atoms with Crippen molar-refractivity contribution in [1.82, 2.24) is 14.9 Å². The van der Waals surface area contributed by atoms with Crippen LogP contribution < -0.4 is 10.2 Å². The summed E-state index contributed by atoms with van der Waals surface area (Å²) < 4.78 is 0. The van der Waals surface area contributed by atoms with Crippen LogP contribution in [0.25, 0.3) is 0 Å². The Morgan fingerprint density at radius 3 is 3.17 bits per heavy atom. The van der Waals surface area contributed by atoms with E-state index in [0.29, 0.717) is 18.4 Å². The molecule has 1 fully saturated rings. The average Bonchev–Trinajstić information content (AvgIpc) is 3.03. The molecular formula is C17H24N6. The lowest BCUT2D eigenvalue weighted by Gasteiger charge is -2.43. The zero-order valence-corrected chi connectivity index (χ0v) is 13.9. The molecule has 0 saturated carbocycles. The maximum atomic E-state index is 8.91. The summed E-state index contributed by atoms with van der Waals surface area (Å²) in [5.41, 5.74) is 2.14. The van der Waals surface area contributed by atoms with Crippen molar-refractivity contribution in [2.45, 2.75) is 32.2 Å². The molecule has 1 aromatic heterocycles. The highest BCUT2D eigenvalue weighted by Crippen LogP contribution is 2.32. The summed E-state index contributed by atoms with van der Waals surface area (Å²) >= 11 is 0. The fourth-order valence-electron chi connectivity index (χ4n) is 3.60. The van der Waals surface area contributed by atoms with E-state index in [1.54, 1.807) is 6.33 Å². The van der Waals surface area contributed by atoms with Crippen molar-refractivity contribution in [2.24, 2.45) is 5.92 Å². The van der Waals surface area contributed by atoms with E-state index in [0.717, 1.165) is 49.8 Å². The van der Waals surface area contributed by atoms with Gasteiger partial charge in [0.25, 0.3) is 0 Å². The molecular weight excluding hydrogens is 288 g/mol. The summed E-state index contributed by atoms with van der Waals surface area (Å²) in [4.78, 5) is 13.4. The number of nitrogens with zero attached hydrogens (tertiary/aromatic N) is 5. The third-order valence-electron chi connectivity index (χ3n) is 5.07. The van der Waals surface area contributed by atoms with Gasteiger partial charge in [0.15, 0.2) is 0 Å². The minimum Gasteiger partial charge on any atom is -0.372 e. The smallest absolute Gasteiger partial charge is 0.137 e. The number of rotatable bonds is 4. The van der Waals surface area contributed by atoms with E-state index in [4.69, 9.17) is 5.26 Å². The predicted octanol–water partition coefficient (Wildman–Crippen LogP) is 2.02. The van der Waals surface area contributed by atoms with Gasteiger partial charge in [-0.15, -0.1) is 0 Å². The summed E-state index contributed by atoms with van der Waals surface area (Å²) in [6.45, 7) is 9.17. The van der Waals surface area contributed by atoms with Crippen molar-refractivity contribution in [3.63, 3.8) is 0 Å². The predicted molar refractivity (Wildman–Crippen MR) is 91.1 cm³/mol. The number of fused-ring (bicyclic) bond motifs is 1. The van der Waals surface area contributed by atoms with Crippen LogP contribution >= 0.6 is 0 Å². The molecule has 1 aromatic rings. The molecule has 23 heavy (non-hydrogen) atoms. The monoisotopic (exact) mass is 312 g/mol. The third-order valence-corrected chi connectivity index (χ3v) is 5.07. The fraction of sp³-hybridized carbons (Fsp3) is 0.588. The number of anilines is 2. The van der Waals surface area contributed by atoms with E-state index in [9.17, 15) is 0 Å². The first-order chi connectivity index (χ1) is 11.1. The first kappa shape index (κ1) is 15.6. The number of piperidine rings is 1. The largest absolute Gasteiger partial charge is 0.372 e. The highest BCUT2D eigenvalue weighted by molar-refractivity contribution is 5.62. The third kappa shape index (κ3) is 2.96. The second-order valence-corrected chi connectivity index (χ2v) is 6.49. The van der Waals surface area contributed by atoms with E-state index >= 15 is 0 Å². The van der Waals surface area contributed by atoms with Crippen molar-refractivity contribution in [1.29, 1.82) is 5.26 Å². The van der Waals surface area contributed by atoms with Crippen molar-refractivity contribution >= 4 is 11.6 Å². The lowest BCUT2D eigenvalue weighted by Crippen LogP contribution is -2.50. The molecule has 2 atom stereocenters. The Morgan fingerprint density at radius 2 is 2.39 bits per heavy atom. The molecule has 0 amide bonds. The minimum atomic E-state index is 0.360. The second kappa shape index (κ2) is 6.45. The summed E-state index contributed by atoms with van der Waals surface area (Å²) in [5.74, 6) is 2.58. The zero-order valence-electron chi connectivity index (χ0n) is 13.9. The van der Waals surface area contributed by atoms with Crippen LogP contribution in [0.5, 0.6) is 0 Å². The Balaban J connectivity index is 1.80. The van der Waals surface area contributed by atoms with Gasteiger partial charge in [0, 0.05) is 37.9 Å². The Kier molecular flexibility index (Phi) is 4.37. The van der Waals surface area contributed by atoms with Gasteiger partial charge in [0.05, 0.1) is 18.5 Å². The summed E-state index contributed by atoms with van der Waals surface area (Å²) in [7, 11) is 2.12. The Morgan fingerprint density at radius 1 is 1.57 bits per heavy atom. The molecule has 1 N–H and O–H groups in total. The molecule has 1 saturated heterocycles. The van der Waals surface area contributed by atoms with E-state index in [1.807, 2.05) is 0 Å². The topological polar surface area (TPSA) is 68.1 Å². The van der Waals surface area contributed by atoms with Gasteiger partial charge in [-0.2, -0.15) is 5.26 Å². The van der Waals surface area contributed by atoms with Crippen LogP contribution in [0.1, 0.15) is 25.3 Å². The maximum Gasteiger partial charge on any atom is 0.137 e. The number of hydrogen-bond acceptors (Lipinski definition) is 6.